The Balaban J connectivity index is 2.46. The monoisotopic (exact) mass is 263 g/mol. The molecule has 4 nitrogen and oxygen atoms in total. The van der Waals surface area contributed by atoms with E-state index in [9.17, 15) is 4.79 Å². The van der Waals surface area contributed by atoms with Gasteiger partial charge in [-0.1, -0.05) is 25.1 Å². The maximum absolute atomic E-state index is 12.1. The number of para-hydroxylation sites is 1. The molecular formula is C15H25N3O. The van der Waals surface area contributed by atoms with Crippen LogP contribution in [0, 0.1) is 5.92 Å². The molecule has 2 N–H and O–H groups in total. The van der Waals surface area contributed by atoms with Crippen LogP contribution in [0.15, 0.2) is 30.3 Å². The first-order valence-electron chi connectivity index (χ1n) is 6.70. The summed E-state index contributed by atoms with van der Waals surface area (Å²) in [5.74, 6) is -0.0245. The van der Waals surface area contributed by atoms with Gasteiger partial charge in [-0.3, -0.25) is 4.79 Å². The van der Waals surface area contributed by atoms with Gasteiger partial charge in [-0.25, -0.2) is 0 Å². The Kier molecular flexibility index (Phi) is 5.83. The quantitative estimate of drug-likeness (QED) is 0.847. The summed E-state index contributed by atoms with van der Waals surface area (Å²) >= 11 is 0. The second-order valence-corrected chi connectivity index (χ2v) is 5.16. The molecule has 106 valence electrons. The summed E-state index contributed by atoms with van der Waals surface area (Å²) in [5, 5.41) is 0. The average molecular weight is 263 g/mol. The Morgan fingerprint density at radius 1 is 1.16 bits per heavy atom. The molecular weight excluding hydrogens is 238 g/mol. The number of hydrogen-bond donors (Lipinski definition) is 1. The summed E-state index contributed by atoms with van der Waals surface area (Å²) in [5.41, 5.74) is 6.92. The molecule has 1 rings (SSSR count). The highest BCUT2D eigenvalue weighted by Crippen LogP contribution is 2.11. The van der Waals surface area contributed by atoms with Gasteiger partial charge in [-0.2, -0.15) is 0 Å². The number of nitrogens with zero attached hydrogens (tertiary/aromatic N) is 2. The number of benzene rings is 1. The van der Waals surface area contributed by atoms with Gasteiger partial charge in [0.25, 0.3) is 0 Å². The van der Waals surface area contributed by atoms with Crippen LogP contribution >= 0.6 is 0 Å². The van der Waals surface area contributed by atoms with E-state index in [0.29, 0.717) is 6.54 Å². The van der Waals surface area contributed by atoms with Crippen molar-refractivity contribution in [1.82, 2.24) is 4.90 Å². The summed E-state index contributed by atoms with van der Waals surface area (Å²) < 4.78 is 0. The normalized spacial score (nSPS) is 13.7. The largest absolute Gasteiger partial charge is 0.373 e. The number of hydrogen-bond acceptors (Lipinski definition) is 3. The first-order valence-corrected chi connectivity index (χ1v) is 6.70. The van der Waals surface area contributed by atoms with Crippen LogP contribution in [0.1, 0.15) is 13.8 Å². The lowest BCUT2D eigenvalue weighted by Crippen LogP contribution is -2.42. The number of nitrogens with two attached hydrogens (primary N) is 1. The fourth-order valence-corrected chi connectivity index (χ4v) is 1.79. The second-order valence-electron chi connectivity index (χ2n) is 5.16. The maximum atomic E-state index is 12.1. The van der Waals surface area contributed by atoms with E-state index in [2.05, 4.69) is 17.0 Å². The molecule has 0 saturated carbocycles. The lowest BCUT2D eigenvalue weighted by molar-refractivity contribution is -0.134. The Morgan fingerprint density at radius 2 is 1.74 bits per heavy atom. The average Bonchev–Trinajstić information content (AvgIpc) is 2.43. The number of rotatable bonds is 6. The van der Waals surface area contributed by atoms with Gasteiger partial charge in [0.15, 0.2) is 0 Å². The van der Waals surface area contributed by atoms with Gasteiger partial charge in [0.2, 0.25) is 5.91 Å². The molecule has 2 atom stereocenters. The van der Waals surface area contributed by atoms with Gasteiger partial charge < -0.3 is 15.5 Å². The van der Waals surface area contributed by atoms with Crippen molar-refractivity contribution in [2.45, 2.75) is 19.9 Å². The SMILES string of the molecule is CC(N)C(C)C(=O)N(C)CCN(C)c1ccccc1. The third-order valence-electron chi connectivity index (χ3n) is 3.52. The smallest absolute Gasteiger partial charge is 0.226 e. The van der Waals surface area contributed by atoms with Crippen molar-refractivity contribution < 1.29 is 4.79 Å². The number of likely N-dealkylation sites (N-methyl/N-ethyl adjacent to an activating group) is 2. The zero-order valence-corrected chi connectivity index (χ0v) is 12.3. The second kappa shape index (κ2) is 7.14. The van der Waals surface area contributed by atoms with E-state index in [1.165, 1.54) is 0 Å². The Morgan fingerprint density at radius 3 is 2.26 bits per heavy atom. The number of anilines is 1. The van der Waals surface area contributed by atoms with E-state index in [-0.39, 0.29) is 17.9 Å². The van der Waals surface area contributed by atoms with Crippen LogP contribution in [0.3, 0.4) is 0 Å². The minimum Gasteiger partial charge on any atom is -0.373 e. The van der Waals surface area contributed by atoms with Gasteiger partial charge in [-0.15, -0.1) is 0 Å². The van der Waals surface area contributed by atoms with Crippen LogP contribution in [-0.4, -0.2) is 44.0 Å². The Bertz CT molecular complexity index is 392. The first-order chi connectivity index (χ1) is 8.93. The molecule has 0 spiro atoms. The zero-order valence-electron chi connectivity index (χ0n) is 12.3. The number of amides is 1. The number of carbonyl (C=O) groups excluding carboxylic acids is 1. The van der Waals surface area contributed by atoms with Gasteiger partial charge in [0.05, 0.1) is 5.92 Å². The van der Waals surface area contributed by atoms with Crippen LogP contribution in [-0.2, 0) is 4.79 Å². The van der Waals surface area contributed by atoms with E-state index < -0.39 is 0 Å². The van der Waals surface area contributed by atoms with Crippen LogP contribution in [0.2, 0.25) is 0 Å². The van der Waals surface area contributed by atoms with Crippen molar-refractivity contribution >= 4 is 11.6 Å². The Labute approximate surface area is 116 Å². The van der Waals surface area contributed by atoms with Gasteiger partial charge in [0, 0.05) is 38.9 Å². The molecule has 0 heterocycles. The minimum atomic E-state index is -0.132. The molecule has 1 amide bonds. The Hall–Kier alpha value is -1.55. The van der Waals surface area contributed by atoms with Crippen molar-refractivity contribution in [3.63, 3.8) is 0 Å². The third kappa shape index (κ3) is 4.56. The number of carbonyl (C=O) groups is 1. The van der Waals surface area contributed by atoms with Gasteiger partial charge in [0.1, 0.15) is 0 Å². The highest BCUT2D eigenvalue weighted by atomic mass is 16.2. The van der Waals surface area contributed by atoms with E-state index in [1.54, 1.807) is 4.90 Å². The molecule has 0 fully saturated rings. The minimum absolute atomic E-state index is 0.108. The van der Waals surface area contributed by atoms with Crippen molar-refractivity contribution in [2.75, 3.05) is 32.1 Å². The van der Waals surface area contributed by atoms with Crippen LogP contribution in [0.25, 0.3) is 0 Å². The molecule has 0 saturated heterocycles. The van der Waals surface area contributed by atoms with E-state index in [4.69, 9.17) is 5.73 Å². The van der Waals surface area contributed by atoms with Gasteiger partial charge >= 0.3 is 0 Å². The van der Waals surface area contributed by atoms with E-state index in [0.717, 1.165) is 12.2 Å². The third-order valence-corrected chi connectivity index (χ3v) is 3.52. The zero-order chi connectivity index (χ0) is 14.4. The van der Waals surface area contributed by atoms with Crippen LogP contribution < -0.4 is 10.6 Å². The molecule has 0 aliphatic rings. The predicted octanol–water partition coefficient (Wildman–Crippen LogP) is 1.56. The molecule has 0 radical (unpaired) electrons. The summed E-state index contributed by atoms with van der Waals surface area (Å²) in [6, 6.07) is 10.0. The van der Waals surface area contributed by atoms with Crippen LogP contribution in [0.4, 0.5) is 5.69 Å². The lowest BCUT2D eigenvalue weighted by atomic mass is 10.0. The summed E-state index contributed by atoms with van der Waals surface area (Å²) in [4.78, 5) is 16.0. The fraction of sp³-hybridized carbons (Fsp3) is 0.533. The molecule has 0 aliphatic heterocycles. The van der Waals surface area contributed by atoms with Gasteiger partial charge in [-0.05, 0) is 19.1 Å². The summed E-state index contributed by atoms with van der Waals surface area (Å²) in [7, 11) is 3.86. The highest BCUT2D eigenvalue weighted by Gasteiger charge is 2.20. The molecule has 1 aromatic rings. The van der Waals surface area contributed by atoms with Crippen molar-refractivity contribution in [3.05, 3.63) is 30.3 Å². The first kappa shape index (κ1) is 15.5. The lowest BCUT2D eigenvalue weighted by Gasteiger charge is -2.26. The van der Waals surface area contributed by atoms with Crippen molar-refractivity contribution in [1.29, 1.82) is 0 Å². The van der Waals surface area contributed by atoms with Crippen LogP contribution in [0.5, 0.6) is 0 Å². The van der Waals surface area contributed by atoms with E-state index in [1.807, 2.05) is 46.1 Å². The molecule has 4 heteroatoms. The fourth-order valence-electron chi connectivity index (χ4n) is 1.79. The maximum Gasteiger partial charge on any atom is 0.226 e. The standard InChI is InChI=1S/C15H25N3O/c1-12(13(2)16)15(19)18(4)11-10-17(3)14-8-6-5-7-9-14/h5-9,12-13H,10-11,16H2,1-4H3. The molecule has 0 bridgehead atoms. The van der Waals surface area contributed by atoms with Crippen molar-refractivity contribution in [3.8, 4) is 0 Å². The molecule has 19 heavy (non-hydrogen) atoms. The molecule has 1 aromatic carbocycles. The molecule has 0 aliphatic carbocycles. The summed E-state index contributed by atoms with van der Waals surface area (Å²) in [6.45, 7) is 5.25. The van der Waals surface area contributed by atoms with Crippen molar-refractivity contribution in [2.24, 2.45) is 11.7 Å². The predicted molar refractivity (Wildman–Crippen MR) is 80.2 cm³/mol. The molecule has 0 aromatic heterocycles. The van der Waals surface area contributed by atoms with E-state index >= 15 is 0 Å². The topological polar surface area (TPSA) is 49.6 Å². The molecule has 2 unspecified atom stereocenters. The summed E-state index contributed by atoms with van der Waals surface area (Å²) in [6.07, 6.45) is 0. The highest BCUT2D eigenvalue weighted by molar-refractivity contribution is 5.78.